The zero-order chi connectivity index (χ0) is 19.2. The smallest absolute Gasteiger partial charge is 0.270 e. The highest BCUT2D eigenvalue weighted by Gasteiger charge is 2.11. The van der Waals surface area contributed by atoms with Gasteiger partial charge in [0.05, 0.1) is 0 Å². The van der Waals surface area contributed by atoms with Gasteiger partial charge in [-0.05, 0) is 29.7 Å². The molecule has 27 heavy (non-hydrogen) atoms. The first-order chi connectivity index (χ1) is 13.0. The van der Waals surface area contributed by atoms with Gasteiger partial charge in [0.15, 0.2) is 0 Å². The fourth-order valence-corrected chi connectivity index (χ4v) is 2.69. The number of nitrogens with zero attached hydrogens (tertiary/aromatic N) is 2. The molecule has 3 rings (SSSR count). The summed E-state index contributed by atoms with van der Waals surface area (Å²) in [4.78, 5) is 20.8. The summed E-state index contributed by atoms with van der Waals surface area (Å²) in [5.41, 5.74) is 2.67. The second kappa shape index (κ2) is 8.40. The molecule has 3 aromatic rings. The molecule has 6 heteroatoms. The molecule has 1 heterocycles. The van der Waals surface area contributed by atoms with Crippen molar-refractivity contribution in [1.82, 2.24) is 15.3 Å². The van der Waals surface area contributed by atoms with E-state index in [0.29, 0.717) is 17.4 Å². The average molecular weight is 364 g/mol. The number of carbonyl (C=O) groups excluding carboxylic acids is 1. The Morgan fingerprint density at radius 2 is 1.81 bits per heavy atom. The largest absolute Gasteiger partial charge is 0.347 e. The van der Waals surface area contributed by atoms with Gasteiger partial charge in [-0.25, -0.2) is 14.4 Å². The van der Waals surface area contributed by atoms with E-state index in [2.05, 4.69) is 34.4 Å². The van der Waals surface area contributed by atoms with Crippen molar-refractivity contribution < 1.29 is 9.18 Å². The van der Waals surface area contributed by atoms with E-state index in [9.17, 15) is 9.18 Å². The first-order valence-electron chi connectivity index (χ1n) is 8.75. The zero-order valence-corrected chi connectivity index (χ0v) is 15.2. The molecule has 0 spiro atoms. The third-order valence-electron chi connectivity index (χ3n) is 4.11. The van der Waals surface area contributed by atoms with Crippen LogP contribution >= 0.6 is 0 Å². The number of para-hydroxylation sites is 1. The van der Waals surface area contributed by atoms with Crippen LogP contribution in [-0.2, 0) is 6.54 Å². The Labute approximate surface area is 157 Å². The molecule has 5 nitrogen and oxygen atoms in total. The molecule has 0 saturated heterocycles. The quantitative estimate of drug-likeness (QED) is 0.680. The van der Waals surface area contributed by atoms with Crippen molar-refractivity contribution in [2.75, 3.05) is 5.32 Å². The van der Waals surface area contributed by atoms with E-state index in [0.717, 1.165) is 11.3 Å². The SMILES string of the molecule is CC(C)c1ccccc1Nc1nccc(C(=O)NCc2ccccc2F)n1. The summed E-state index contributed by atoms with van der Waals surface area (Å²) in [5, 5.41) is 5.85. The number of hydrogen-bond donors (Lipinski definition) is 2. The van der Waals surface area contributed by atoms with E-state index in [1.165, 1.54) is 18.3 Å². The lowest BCUT2D eigenvalue weighted by molar-refractivity contribution is 0.0945. The van der Waals surface area contributed by atoms with E-state index in [4.69, 9.17) is 0 Å². The molecular weight excluding hydrogens is 343 g/mol. The van der Waals surface area contributed by atoms with Crippen LogP contribution in [0, 0.1) is 5.82 Å². The van der Waals surface area contributed by atoms with Gasteiger partial charge >= 0.3 is 0 Å². The number of carbonyl (C=O) groups is 1. The number of nitrogens with one attached hydrogen (secondary N) is 2. The molecular formula is C21H21FN4O. The molecule has 0 unspecified atom stereocenters. The zero-order valence-electron chi connectivity index (χ0n) is 15.2. The van der Waals surface area contributed by atoms with Gasteiger partial charge in [-0.1, -0.05) is 50.2 Å². The van der Waals surface area contributed by atoms with Crippen LogP contribution in [0.4, 0.5) is 16.0 Å². The third-order valence-corrected chi connectivity index (χ3v) is 4.11. The van der Waals surface area contributed by atoms with Gasteiger partial charge in [-0.15, -0.1) is 0 Å². The molecule has 0 aliphatic rings. The summed E-state index contributed by atoms with van der Waals surface area (Å²) in [6, 6.07) is 15.7. The summed E-state index contributed by atoms with van der Waals surface area (Å²) in [6.07, 6.45) is 1.52. The van der Waals surface area contributed by atoms with Gasteiger partial charge in [0.2, 0.25) is 5.95 Å². The number of amides is 1. The summed E-state index contributed by atoms with van der Waals surface area (Å²) < 4.78 is 13.7. The van der Waals surface area contributed by atoms with E-state index in [1.807, 2.05) is 24.3 Å². The second-order valence-corrected chi connectivity index (χ2v) is 6.41. The molecule has 0 atom stereocenters. The molecule has 0 aliphatic carbocycles. The normalized spacial score (nSPS) is 10.7. The van der Waals surface area contributed by atoms with Crippen LogP contribution in [-0.4, -0.2) is 15.9 Å². The van der Waals surface area contributed by atoms with Crippen molar-refractivity contribution in [2.45, 2.75) is 26.3 Å². The molecule has 0 fully saturated rings. The summed E-state index contributed by atoms with van der Waals surface area (Å²) in [5.74, 6) is -0.0726. The van der Waals surface area contributed by atoms with Crippen LogP contribution in [0.3, 0.4) is 0 Å². The first-order valence-corrected chi connectivity index (χ1v) is 8.75. The minimum absolute atomic E-state index is 0.0917. The van der Waals surface area contributed by atoms with Crippen molar-refractivity contribution in [1.29, 1.82) is 0 Å². The van der Waals surface area contributed by atoms with Gasteiger partial charge in [0.25, 0.3) is 5.91 Å². The monoisotopic (exact) mass is 364 g/mol. The predicted octanol–water partition coefficient (Wildman–Crippen LogP) is 4.41. The van der Waals surface area contributed by atoms with E-state index in [1.54, 1.807) is 18.2 Å². The number of benzene rings is 2. The molecule has 0 radical (unpaired) electrons. The maximum atomic E-state index is 13.7. The maximum Gasteiger partial charge on any atom is 0.270 e. The molecule has 138 valence electrons. The molecule has 2 N–H and O–H groups in total. The summed E-state index contributed by atoms with van der Waals surface area (Å²) >= 11 is 0. The Bertz CT molecular complexity index is 943. The minimum atomic E-state index is -0.388. The maximum absolute atomic E-state index is 13.7. The fourth-order valence-electron chi connectivity index (χ4n) is 2.69. The van der Waals surface area contributed by atoms with Gasteiger partial charge in [-0.2, -0.15) is 0 Å². The summed E-state index contributed by atoms with van der Waals surface area (Å²) in [7, 11) is 0. The van der Waals surface area contributed by atoms with Crippen molar-refractivity contribution in [2.24, 2.45) is 0 Å². The third kappa shape index (κ3) is 4.67. The Morgan fingerprint density at radius 3 is 2.59 bits per heavy atom. The van der Waals surface area contributed by atoms with Gasteiger partial charge in [0.1, 0.15) is 11.5 Å². The number of rotatable bonds is 6. The van der Waals surface area contributed by atoms with Crippen LogP contribution in [0.25, 0.3) is 0 Å². The number of hydrogen-bond acceptors (Lipinski definition) is 4. The average Bonchev–Trinajstić information content (AvgIpc) is 2.67. The number of halogens is 1. The van der Waals surface area contributed by atoms with Crippen molar-refractivity contribution >= 4 is 17.5 Å². The fraction of sp³-hybridized carbons (Fsp3) is 0.190. The van der Waals surface area contributed by atoms with E-state index < -0.39 is 0 Å². The van der Waals surface area contributed by atoms with Crippen molar-refractivity contribution in [3.05, 3.63) is 83.4 Å². The molecule has 0 saturated carbocycles. The lowest BCUT2D eigenvalue weighted by Crippen LogP contribution is -2.24. The van der Waals surface area contributed by atoms with Crippen LogP contribution in [0.2, 0.25) is 0 Å². The topological polar surface area (TPSA) is 66.9 Å². The summed E-state index contributed by atoms with van der Waals surface area (Å²) in [6.45, 7) is 4.30. The van der Waals surface area contributed by atoms with Gasteiger partial charge < -0.3 is 10.6 Å². The van der Waals surface area contributed by atoms with Gasteiger partial charge in [-0.3, -0.25) is 4.79 Å². The lowest BCUT2D eigenvalue weighted by atomic mass is 10.0. The standard InChI is InChI=1S/C21H21FN4O/c1-14(2)16-8-4-6-10-18(16)25-21-23-12-11-19(26-21)20(27)24-13-15-7-3-5-9-17(15)22/h3-12,14H,13H2,1-2H3,(H,24,27)(H,23,25,26). The highest BCUT2D eigenvalue weighted by Crippen LogP contribution is 2.25. The first kappa shape index (κ1) is 18.5. The highest BCUT2D eigenvalue weighted by molar-refractivity contribution is 5.92. The molecule has 0 bridgehead atoms. The predicted molar refractivity (Wildman–Crippen MR) is 103 cm³/mol. The van der Waals surface area contributed by atoms with E-state index in [-0.39, 0.29) is 24.0 Å². The van der Waals surface area contributed by atoms with Crippen LogP contribution in [0.15, 0.2) is 60.8 Å². The van der Waals surface area contributed by atoms with Crippen molar-refractivity contribution in [3.63, 3.8) is 0 Å². The van der Waals surface area contributed by atoms with Crippen LogP contribution < -0.4 is 10.6 Å². The molecule has 0 aliphatic heterocycles. The van der Waals surface area contributed by atoms with E-state index >= 15 is 0 Å². The Hall–Kier alpha value is -3.28. The minimum Gasteiger partial charge on any atom is -0.347 e. The van der Waals surface area contributed by atoms with Crippen LogP contribution in [0.5, 0.6) is 0 Å². The molecule has 1 aromatic heterocycles. The molecule has 2 aromatic carbocycles. The Morgan fingerprint density at radius 1 is 1.07 bits per heavy atom. The van der Waals surface area contributed by atoms with Gasteiger partial charge in [0, 0.05) is 24.0 Å². The lowest BCUT2D eigenvalue weighted by Gasteiger charge is -2.13. The highest BCUT2D eigenvalue weighted by atomic mass is 19.1. The van der Waals surface area contributed by atoms with Crippen molar-refractivity contribution in [3.8, 4) is 0 Å². The Balaban J connectivity index is 1.72. The number of aromatic nitrogens is 2. The second-order valence-electron chi connectivity index (χ2n) is 6.41. The number of anilines is 2. The van der Waals surface area contributed by atoms with Crippen LogP contribution in [0.1, 0.15) is 41.4 Å². The Kier molecular flexibility index (Phi) is 5.76. The molecule has 1 amide bonds.